The quantitative estimate of drug-likeness (QED) is 0.686. The van der Waals surface area contributed by atoms with E-state index in [1.54, 1.807) is 18.7 Å². The molecule has 0 aliphatic rings. The molecule has 1 aromatic heterocycles. The number of ether oxygens (including phenoxy) is 1. The van der Waals surface area contributed by atoms with Crippen molar-refractivity contribution in [1.29, 1.82) is 0 Å². The molecule has 0 aliphatic heterocycles. The number of hydrogen-bond donors (Lipinski definition) is 2. The molecule has 2 unspecified atom stereocenters. The van der Waals surface area contributed by atoms with Gasteiger partial charge in [0.1, 0.15) is 6.04 Å². The first-order chi connectivity index (χ1) is 8.85. The number of nitrogens with one attached hydrogen (secondary N) is 1. The second-order valence-corrected chi connectivity index (χ2v) is 4.46. The highest BCUT2D eigenvalue weighted by atomic mass is 16.5. The summed E-state index contributed by atoms with van der Waals surface area (Å²) >= 11 is 0. The zero-order valence-electron chi connectivity index (χ0n) is 11.6. The molecule has 1 heterocycles. The molecule has 1 amide bonds. The number of amides is 1. The Morgan fingerprint density at radius 3 is 2.68 bits per heavy atom. The van der Waals surface area contributed by atoms with Gasteiger partial charge in [-0.15, -0.1) is 0 Å². The Morgan fingerprint density at radius 1 is 1.58 bits per heavy atom. The number of carbonyl (C=O) groups is 2. The van der Waals surface area contributed by atoms with Gasteiger partial charge in [0.15, 0.2) is 0 Å². The third-order valence-electron chi connectivity index (χ3n) is 2.78. The molecule has 0 aromatic carbocycles. The lowest BCUT2D eigenvalue weighted by atomic mass is 10.1. The SMILES string of the molecule is COC(=O)C(C)NC(=O)C(N)Cc1cc(C)nn1C. The molecular formula is C12H20N4O3. The van der Waals surface area contributed by atoms with E-state index in [2.05, 4.69) is 15.2 Å². The molecular weight excluding hydrogens is 248 g/mol. The van der Waals surface area contributed by atoms with Gasteiger partial charge >= 0.3 is 5.97 Å². The lowest BCUT2D eigenvalue weighted by molar-refractivity contribution is -0.144. The van der Waals surface area contributed by atoms with Crippen molar-refractivity contribution >= 4 is 11.9 Å². The smallest absolute Gasteiger partial charge is 0.328 e. The predicted octanol–water partition coefficient (Wildman–Crippen LogP) is -0.724. The fourth-order valence-corrected chi connectivity index (χ4v) is 1.73. The van der Waals surface area contributed by atoms with Crippen LogP contribution in [0.4, 0.5) is 0 Å². The predicted molar refractivity (Wildman–Crippen MR) is 69.2 cm³/mol. The molecule has 1 aromatic rings. The van der Waals surface area contributed by atoms with Gasteiger partial charge in [-0.3, -0.25) is 9.48 Å². The summed E-state index contributed by atoms with van der Waals surface area (Å²) in [5.41, 5.74) is 7.55. The summed E-state index contributed by atoms with van der Waals surface area (Å²) in [6.45, 7) is 3.42. The summed E-state index contributed by atoms with van der Waals surface area (Å²) in [5, 5.41) is 6.69. The van der Waals surface area contributed by atoms with E-state index in [0.29, 0.717) is 6.42 Å². The second kappa shape index (κ2) is 6.33. The third kappa shape index (κ3) is 4.06. The van der Waals surface area contributed by atoms with E-state index in [1.165, 1.54) is 7.11 Å². The van der Waals surface area contributed by atoms with Crippen LogP contribution in [-0.4, -0.2) is 40.9 Å². The molecule has 0 spiro atoms. The molecule has 0 radical (unpaired) electrons. The lowest BCUT2D eigenvalue weighted by Gasteiger charge is -2.15. The van der Waals surface area contributed by atoms with Crippen LogP contribution in [0.25, 0.3) is 0 Å². The molecule has 2 atom stereocenters. The van der Waals surface area contributed by atoms with Crippen LogP contribution in [0.15, 0.2) is 6.07 Å². The highest BCUT2D eigenvalue weighted by Gasteiger charge is 2.21. The zero-order valence-corrected chi connectivity index (χ0v) is 11.6. The lowest BCUT2D eigenvalue weighted by Crippen LogP contribution is -2.48. The minimum absolute atomic E-state index is 0.358. The van der Waals surface area contributed by atoms with E-state index >= 15 is 0 Å². The van der Waals surface area contributed by atoms with Crippen molar-refractivity contribution in [1.82, 2.24) is 15.1 Å². The van der Waals surface area contributed by atoms with Crippen LogP contribution in [0, 0.1) is 6.92 Å². The normalized spacial score (nSPS) is 13.7. The molecule has 0 aliphatic carbocycles. The van der Waals surface area contributed by atoms with E-state index in [9.17, 15) is 9.59 Å². The van der Waals surface area contributed by atoms with Crippen LogP contribution in [0.2, 0.25) is 0 Å². The Hall–Kier alpha value is -1.89. The maximum Gasteiger partial charge on any atom is 0.328 e. The number of rotatable bonds is 5. The minimum atomic E-state index is -0.734. The second-order valence-electron chi connectivity index (χ2n) is 4.46. The van der Waals surface area contributed by atoms with Gasteiger partial charge in [0.05, 0.1) is 18.8 Å². The van der Waals surface area contributed by atoms with Crippen molar-refractivity contribution in [2.45, 2.75) is 32.4 Å². The summed E-state index contributed by atoms with van der Waals surface area (Å²) < 4.78 is 6.21. The standard InChI is InChI=1S/C12H20N4O3/c1-7-5-9(16(3)15-7)6-10(13)11(17)14-8(2)12(18)19-4/h5,8,10H,6,13H2,1-4H3,(H,14,17). The zero-order chi connectivity index (χ0) is 14.6. The van der Waals surface area contributed by atoms with Crippen LogP contribution in [-0.2, 0) is 27.8 Å². The van der Waals surface area contributed by atoms with Crippen molar-refractivity contribution in [2.75, 3.05) is 7.11 Å². The van der Waals surface area contributed by atoms with Gasteiger partial charge in [0.25, 0.3) is 0 Å². The van der Waals surface area contributed by atoms with E-state index in [0.717, 1.165) is 11.4 Å². The first-order valence-electron chi connectivity index (χ1n) is 5.98. The summed E-state index contributed by atoms with van der Waals surface area (Å²) in [6.07, 6.45) is 0.358. The van der Waals surface area contributed by atoms with Crippen molar-refractivity contribution in [3.63, 3.8) is 0 Å². The van der Waals surface area contributed by atoms with Gasteiger partial charge < -0.3 is 15.8 Å². The molecule has 7 nitrogen and oxygen atoms in total. The molecule has 19 heavy (non-hydrogen) atoms. The van der Waals surface area contributed by atoms with Crippen LogP contribution >= 0.6 is 0 Å². The number of carbonyl (C=O) groups excluding carboxylic acids is 2. The van der Waals surface area contributed by atoms with Crippen LogP contribution in [0.5, 0.6) is 0 Å². The molecule has 0 fully saturated rings. The van der Waals surface area contributed by atoms with Crippen LogP contribution < -0.4 is 11.1 Å². The molecule has 1 rings (SSSR count). The van der Waals surface area contributed by atoms with Gasteiger partial charge in [0, 0.05) is 19.2 Å². The number of esters is 1. The first-order valence-corrected chi connectivity index (χ1v) is 5.98. The van der Waals surface area contributed by atoms with Crippen molar-refractivity contribution in [3.05, 3.63) is 17.5 Å². The highest BCUT2D eigenvalue weighted by Crippen LogP contribution is 2.04. The average molecular weight is 268 g/mol. The molecule has 0 bridgehead atoms. The largest absolute Gasteiger partial charge is 0.467 e. The van der Waals surface area contributed by atoms with Crippen LogP contribution in [0.1, 0.15) is 18.3 Å². The monoisotopic (exact) mass is 268 g/mol. The Morgan fingerprint density at radius 2 is 2.21 bits per heavy atom. The summed E-state index contributed by atoms with van der Waals surface area (Å²) in [4.78, 5) is 23.0. The molecule has 0 saturated carbocycles. The number of nitrogens with zero attached hydrogens (tertiary/aromatic N) is 2. The fourth-order valence-electron chi connectivity index (χ4n) is 1.73. The third-order valence-corrected chi connectivity index (χ3v) is 2.78. The summed E-state index contributed by atoms with van der Waals surface area (Å²) in [7, 11) is 3.06. The summed E-state index contributed by atoms with van der Waals surface area (Å²) in [6, 6.07) is 0.426. The molecule has 3 N–H and O–H groups in total. The topological polar surface area (TPSA) is 99.2 Å². The number of aryl methyl sites for hydroxylation is 2. The Balaban J connectivity index is 2.58. The Labute approximate surface area is 112 Å². The highest BCUT2D eigenvalue weighted by molar-refractivity contribution is 5.87. The molecule has 7 heteroatoms. The van der Waals surface area contributed by atoms with E-state index < -0.39 is 24.0 Å². The van der Waals surface area contributed by atoms with E-state index in [4.69, 9.17) is 5.73 Å². The van der Waals surface area contributed by atoms with E-state index in [1.807, 2.05) is 13.0 Å². The number of methoxy groups -OCH3 is 1. The first kappa shape index (κ1) is 15.2. The van der Waals surface area contributed by atoms with Crippen LogP contribution in [0.3, 0.4) is 0 Å². The Bertz CT molecular complexity index is 470. The maximum absolute atomic E-state index is 11.8. The van der Waals surface area contributed by atoms with E-state index in [-0.39, 0.29) is 0 Å². The van der Waals surface area contributed by atoms with Crippen molar-refractivity contribution < 1.29 is 14.3 Å². The Kier molecular flexibility index (Phi) is 5.05. The molecule has 106 valence electrons. The maximum atomic E-state index is 11.8. The molecule has 0 saturated heterocycles. The van der Waals surface area contributed by atoms with Gasteiger partial charge in [-0.25, -0.2) is 4.79 Å². The fraction of sp³-hybridized carbons (Fsp3) is 0.583. The minimum Gasteiger partial charge on any atom is -0.467 e. The number of aromatic nitrogens is 2. The number of hydrogen-bond acceptors (Lipinski definition) is 5. The van der Waals surface area contributed by atoms with Gasteiger partial charge in [-0.2, -0.15) is 5.10 Å². The number of nitrogens with two attached hydrogens (primary N) is 1. The van der Waals surface area contributed by atoms with Gasteiger partial charge in [0.2, 0.25) is 5.91 Å². The average Bonchev–Trinajstić information content (AvgIpc) is 2.66. The van der Waals surface area contributed by atoms with Crippen molar-refractivity contribution in [3.8, 4) is 0 Å². The van der Waals surface area contributed by atoms with Gasteiger partial charge in [-0.1, -0.05) is 0 Å². The van der Waals surface area contributed by atoms with Crippen molar-refractivity contribution in [2.24, 2.45) is 12.8 Å². The van der Waals surface area contributed by atoms with Gasteiger partial charge in [-0.05, 0) is 19.9 Å². The summed E-state index contributed by atoms with van der Waals surface area (Å²) in [5.74, 6) is -0.895.